The van der Waals surface area contributed by atoms with Crippen LogP contribution in [-0.2, 0) is 30.7 Å². The van der Waals surface area contributed by atoms with E-state index < -0.39 is 10.0 Å². The average molecular weight is 355 g/mol. The van der Waals surface area contributed by atoms with E-state index in [4.69, 9.17) is 9.47 Å². The molecule has 0 bridgehead atoms. The van der Waals surface area contributed by atoms with Gasteiger partial charge in [0.2, 0.25) is 10.0 Å². The van der Waals surface area contributed by atoms with E-state index in [-0.39, 0.29) is 19.0 Å². The predicted octanol–water partition coefficient (Wildman–Crippen LogP) is 1.98. The van der Waals surface area contributed by atoms with Crippen LogP contribution < -0.4 is 0 Å². The first-order valence-electron chi connectivity index (χ1n) is 8.27. The highest BCUT2D eigenvalue weighted by molar-refractivity contribution is 7.89. The molecule has 1 heterocycles. The Hall–Kier alpha value is -1.44. The van der Waals surface area contributed by atoms with Crippen molar-refractivity contribution in [2.75, 3.05) is 33.4 Å². The molecule has 0 saturated carbocycles. The zero-order valence-electron chi connectivity index (χ0n) is 14.1. The lowest BCUT2D eigenvalue weighted by Crippen LogP contribution is -2.35. The summed E-state index contributed by atoms with van der Waals surface area (Å²) >= 11 is 0. The Bertz CT molecular complexity index is 621. The van der Waals surface area contributed by atoms with E-state index in [2.05, 4.69) is 0 Å². The maximum atomic E-state index is 12.6. The van der Waals surface area contributed by atoms with Crippen LogP contribution in [0.3, 0.4) is 0 Å². The standard InChI is InChI=1S/C17H25NO5S/c1-22-13-14-23-17(19)10-7-15-5-8-16(9-6-15)24(20,21)18-11-3-2-4-12-18/h5-6,8-9H,2-4,7,10-14H2,1H3. The molecule has 24 heavy (non-hydrogen) atoms. The molecule has 0 aliphatic carbocycles. The Balaban J connectivity index is 1.89. The summed E-state index contributed by atoms with van der Waals surface area (Å²) in [6, 6.07) is 6.77. The number of nitrogens with zero attached hydrogens (tertiary/aromatic N) is 1. The van der Waals surface area contributed by atoms with E-state index in [1.54, 1.807) is 35.7 Å². The summed E-state index contributed by atoms with van der Waals surface area (Å²) in [6.07, 6.45) is 3.72. The quantitative estimate of drug-likeness (QED) is 0.527. The highest BCUT2D eigenvalue weighted by Crippen LogP contribution is 2.21. The summed E-state index contributed by atoms with van der Waals surface area (Å²) in [5.74, 6) is -0.280. The van der Waals surface area contributed by atoms with Crippen molar-refractivity contribution in [1.29, 1.82) is 0 Å². The summed E-state index contributed by atoms with van der Waals surface area (Å²) in [5, 5.41) is 0. The van der Waals surface area contributed by atoms with Gasteiger partial charge in [0.05, 0.1) is 11.5 Å². The van der Waals surface area contributed by atoms with Gasteiger partial charge in [0.25, 0.3) is 0 Å². The zero-order valence-corrected chi connectivity index (χ0v) is 14.9. The van der Waals surface area contributed by atoms with Gasteiger partial charge in [-0.3, -0.25) is 4.79 Å². The minimum atomic E-state index is -3.40. The lowest BCUT2D eigenvalue weighted by Gasteiger charge is -2.25. The molecule has 0 amide bonds. The van der Waals surface area contributed by atoms with Crippen molar-refractivity contribution in [2.45, 2.75) is 37.0 Å². The molecule has 7 heteroatoms. The summed E-state index contributed by atoms with van der Waals surface area (Å²) in [5.41, 5.74) is 0.913. The zero-order chi connectivity index (χ0) is 17.4. The molecule has 2 rings (SSSR count). The SMILES string of the molecule is COCCOC(=O)CCc1ccc(S(=O)(=O)N2CCCCC2)cc1. The number of esters is 1. The number of carbonyl (C=O) groups excluding carboxylic acids is 1. The van der Waals surface area contributed by atoms with E-state index in [1.165, 1.54) is 0 Å². The van der Waals surface area contributed by atoms with Gasteiger partial charge in [-0.25, -0.2) is 8.42 Å². The minimum Gasteiger partial charge on any atom is -0.463 e. The number of rotatable bonds is 8. The van der Waals surface area contributed by atoms with Crippen LogP contribution in [0.4, 0.5) is 0 Å². The lowest BCUT2D eigenvalue weighted by molar-refractivity contribution is -0.144. The van der Waals surface area contributed by atoms with E-state index >= 15 is 0 Å². The highest BCUT2D eigenvalue weighted by atomic mass is 32.2. The fourth-order valence-electron chi connectivity index (χ4n) is 2.64. The number of sulfonamides is 1. The van der Waals surface area contributed by atoms with Gasteiger partial charge in [-0.2, -0.15) is 4.31 Å². The van der Waals surface area contributed by atoms with Gasteiger partial charge >= 0.3 is 5.97 Å². The molecule has 1 aliphatic rings. The molecule has 0 unspecified atom stereocenters. The van der Waals surface area contributed by atoms with Crippen LogP contribution >= 0.6 is 0 Å². The van der Waals surface area contributed by atoms with Crippen LogP contribution in [0.1, 0.15) is 31.2 Å². The normalized spacial score (nSPS) is 16.0. The van der Waals surface area contributed by atoms with Gasteiger partial charge in [-0.05, 0) is 37.0 Å². The van der Waals surface area contributed by atoms with Crippen LogP contribution in [-0.4, -0.2) is 52.1 Å². The first kappa shape index (κ1) is 18.9. The third-order valence-corrected chi connectivity index (χ3v) is 5.96. The maximum Gasteiger partial charge on any atom is 0.306 e. The summed E-state index contributed by atoms with van der Waals surface area (Å²) < 4.78 is 36.5. The van der Waals surface area contributed by atoms with Crippen LogP contribution in [0.25, 0.3) is 0 Å². The number of hydrogen-bond acceptors (Lipinski definition) is 5. The highest BCUT2D eigenvalue weighted by Gasteiger charge is 2.25. The van der Waals surface area contributed by atoms with Crippen molar-refractivity contribution in [3.05, 3.63) is 29.8 Å². The molecular weight excluding hydrogens is 330 g/mol. The molecule has 1 saturated heterocycles. The number of benzene rings is 1. The topological polar surface area (TPSA) is 72.9 Å². The van der Waals surface area contributed by atoms with E-state index in [9.17, 15) is 13.2 Å². The molecule has 1 aliphatic heterocycles. The molecule has 0 radical (unpaired) electrons. The predicted molar refractivity (Wildman–Crippen MR) is 90.2 cm³/mol. The number of methoxy groups -OCH3 is 1. The monoisotopic (exact) mass is 355 g/mol. The largest absolute Gasteiger partial charge is 0.463 e. The third kappa shape index (κ3) is 5.29. The first-order chi connectivity index (χ1) is 11.5. The fourth-order valence-corrected chi connectivity index (χ4v) is 4.16. The van der Waals surface area contributed by atoms with Crippen molar-refractivity contribution in [3.8, 4) is 0 Å². The fraction of sp³-hybridized carbons (Fsp3) is 0.588. The molecule has 1 aromatic rings. The molecule has 0 N–H and O–H groups in total. The van der Waals surface area contributed by atoms with Crippen LogP contribution in [0.2, 0.25) is 0 Å². The minimum absolute atomic E-state index is 0.252. The van der Waals surface area contributed by atoms with Gasteiger partial charge in [0, 0.05) is 26.6 Å². The van der Waals surface area contributed by atoms with Crippen molar-refractivity contribution in [1.82, 2.24) is 4.31 Å². The molecule has 0 aromatic heterocycles. The molecule has 0 spiro atoms. The molecule has 1 fully saturated rings. The van der Waals surface area contributed by atoms with Gasteiger partial charge in [-0.1, -0.05) is 18.6 Å². The van der Waals surface area contributed by atoms with E-state index in [1.807, 2.05) is 0 Å². The molecular formula is C17H25NO5S. The Morgan fingerprint density at radius 2 is 1.75 bits per heavy atom. The second-order valence-corrected chi connectivity index (χ2v) is 7.76. The van der Waals surface area contributed by atoms with Gasteiger partial charge in [0.1, 0.15) is 6.61 Å². The second-order valence-electron chi connectivity index (χ2n) is 5.82. The second kappa shape index (κ2) is 9.15. The van der Waals surface area contributed by atoms with Crippen molar-refractivity contribution in [3.63, 3.8) is 0 Å². The van der Waals surface area contributed by atoms with Crippen LogP contribution in [0, 0.1) is 0 Å². The smallest absolute Gasteiger partial charge is 0.306 e. The Morgan fingerprint density at radius 1 is 1.08 bits per heavy atom. The third-order valence-electron chi connectivity index (χ3n) is 4.04. The Kier molecular flexibility index (Phi) is 7.20. The van der Waals surface area contributed by atoms with Crippen molar-refractivity contribution in [2.24, 2.45) is 0 Å². The van der Waals surface area contributed by atoms with Crippen LogP contribution in [0.15, 0.2) is 29.2 Å². The van der Waals surface area contributed by atoms with Crippen molar-refractivity contribution >= 4 is 16.0 Å². The number of aryl methyl sites for hydroxylation is 1. The Labute approximate surface area is 143 Å². The molecule has 0 atom stereocenters. The van der Waals surface area contributed by atoms with Gasteiger partial charge < -0.3 is 9.47 Å². The van der Waals surface area contributed by atoms with Gasteiger partial charge in [0.15, 0.2) is 0 Å². The van der Waals surface area contributed by atoms with Crippen molar-refractivity contribution < 1.29 is 22.7 Å². The Morgan fingerprint density at radius 3 is 2.38 bits per heavy atom. The average Bonchev–Trinajstić information content (AvgIpc) is 2.61. The van der Waals surface area contributed by atoms with E-state index in [0.29, 0.717) is 31.0 Å². The number of ether oxygens (including phenoxy) is 2. The molecule has 6 nitrogen and oxygen atoms in total. The summed E-state index contributed by atoms with van der Waals surface area (Å²) in [7, 11) is -1.85. The summed E-state index contributed by atoms with van der Waals surface area (Å²) in [4.78, 5) is 11.9. The van der Waals surface area contributed by atoms with E-state index in [0.717, 1.165) is 24.8 Å². The lowest BCUT2D eigenvalue weighted by atomic mass is 10.1. The maximum absolute atomic E-state index is 12.6. The number of carbonyl (C=O) groups is 1. The first-order valence-corrected chi connectivity index (χ1v) is 9.71. The summed E-state index contributed by atoms with van der Waals surface area (Å²) in [6.45, 7) is 1.83. The number of hydrogen-bond donors (Lipinski definition) is 0. The molecule has 134 valence electrons. The number of piperidine rings is 1. The molecule has 1 aromatic carbocycles. The van der Waals surface area contributed by atoms with Crippen LogP contribution in [0.5, 0.6) is 0 Å². The van der Waals surface area contributed by atoms with Gasteiger partial charge in [-0.15, -0.1) is 0 Å².